The first kappa shape index (κ1) is 13.2. The Kier molecular flexibility index (Phi) is 4.12. The fourth-order valence-corrected chi connectivity index (χ4v) is 2.52. The first-order chi connectivity index (χ1) is 8.63. The highest BCUT2D eigenvalue weighted by Gasteiger charge is 2.23. The fraction of sp³-hybridized carbons (Fsp3) is 0.600. The molecule has 1 aliphatic carbocycles. The van der Waals surface area contributed by atoms with Gasteiger partial charge in [-0.3, -0.25) is 0 Å². The van der Waals surface area contributed by atoms with Gasteiger partial charge in [0.05, 0.1) is 0 Å². The third-order valence-electron chi connectivity index (χ3n) is 4.02. The first-order valence-corrected chi connectivity index (χ1v) is 6.92. The molecule has 3 heteroatoms. The zero-order valence-corrected chi connectivity index (χ0v) is 11.6. The van der Waals surface area contributed by atoms with Crippen molar-refractivity contribution in [2.24, 2.45) is 0 Å². The Morgan fingerprint density at radius 2 is 2.17 bits per heavy atom. The Labute approximate surface area is 110 Å². The maximum absolute atomic E-state index is 10.1. The van der Waals surface area contributed by atoms with Gasteiger partial charge in [0.25, 0.3) is 0 Å². The van der Waals surface area contributed by atoms with E-state index in [9.17, 15) is 5.11 Å². The van der Waals surface area contributed by atoms with Gasteiger partial charge in [0.2, 0.25) is 0 Å². The Bertz CT molecular complexity index is 401. The van der Waals surface area contributed by atoms with Gasteiger partial charge in [-0.05, 0) is 38.8 Å². The summed E-state index contributed by atoms with van der Waals surface area (Å²) in [6.45, 7) is 5.06. The average molecular weight is 248 g/mol. The van der Waals surface area contributed by atoms with Gasteiger partial charge in [-0.1, -0.05) is 13.0 Å². The van der Waals surface area contributed by atoms with Crippen LogP contribution in [-0.2, 0) is 0 Å². The highest BCUT2D eigenvalue weighted by atomic mass is 16.3. The lowest BCUT2D eigenvalue weighted by Crippen LogP contribution is -2.37. The summed E-state index contributed by atoms with van der Waals surface area (Å²) >= 11 is 0. The molecule has 0 bridgehead atoms. The summed E-state index contributed by atoms with van der Waals surface area (Å²) in [7, 11) is 2.12. The summed E-state index contributed by atoms with van der Waals surface area (Å²) in [6, 6.07) is 6.88. The van der Waals surface area contributed by atoms with Crippen molar-refractivity contribution in [3.63, 3.8) is 0 Å². The van der Waals surface area contributed by atoms with E-state index in [1.54, 1.807) is 0 Å². The molecule has 3 nitrogen and oxygen atoms in total. The van der Waals surface area contributed by atoms with Crippen LogP contribution in [0.5, 0.6) is 5.75 Å². The maximum atomic E-state index is 10.1. The van der Waals surface area contributed by atoms with E-state index in [2.05, 4.69) is 37.2 Å². The molecule has 0 aromatic heterocycles. The topological polar surface area (TPSA) is 35.5 Å². The SMILES string of the molecule is CCNC(C)c1ccc(N(C)C2CCC2)cc1O. The molecule has 1 aromatic rings. The van der Waals surface area contributed by atoms with Crippen LogP contribution in [-0.4, -0.2) is 24.7 Å². The maximum Gasteiger partial charge on any atom is 0.122 e. The van der Waals surface area contributed by atoms with Crippen LogP contribution in [0.2, 0.25) is 0 Å². The normalized spacial score (nSPS) is 17.3. The fourth-order valence-electron chi connectivity index (χ4n) is 2.52. The molecule has 0 radical (unpaired) electrons. The van der Waals surface area contributed by atoms with Crippen LogP contribution in [0.25, 0.3) is 0 Å². The molecule has 0 heterocycles. The van der Waals surface area contributed by atoms with Crippen LogP contribution in [0.4, 0.5) is 5.69 Å². The van der Waals surface area contributed by atoms with Crippen molar-refractivity contribution in [3.8, 4) is 5.75 Å². The summed E-state index contributed by atoms with van der Waals surface area (Å²) in [5.74, 6) is 0.395. The third-order valence-corrected chi connectivity index (χ3v) is 4.02. The third kappa shape index (κ3) is 2.61. The van der Waals surface area contributed by atoms with E-state index in [1.807, 2.05) is 12.1 Å². The molecular weight excluding hydrogens is 224 g/mol. The molecule has 1 unspecified atom stereocenters. The van der Waals surface area contributed by atoms with Crippen molar-refractivity contribution in [1.29, 1.82) is 0 Å². The molecule has 1 saturated carbocycles. The molecule has 0 aliphatic heterocycles. The van der Waals surface area contributed by atoms with Gasteiger partial charge < -0.3 is 15.3 Å². The lowest BCUT2D eigenvalue weighted by atomic mass is 9.91. The predicted molar refractivity (Wildman–Crippen MR) is 76.2 cm³/mol. The van der Waals surface area contributed by atoms with Gasteiger partial charge in [0.1, 0.15) is 5.75 Å². The molecule has 0 saturated heterocycles. The standard InChI is InChI=1S/C15H24N2O/c1-4-16-11(2)14-9-8-13(10-15(14)18)17(3)12-6-5-7-12/h8-12,16,18H,4-7H2,1-3H3. The number of nitrogens with zero attached hydrogens (tertiary/aromatic N) is 1. The van der Waals surface area contributed by atoms with Crippen molar-refractivity contribution in [2.75, 3.05) is 18.5 Å². The minimum absolute atomic E-state index is 0.193. The number of aromatic hydroxyl groups is 1. The monoisotopic (exact) mass is 248 g/mol. The number of hydrogen-bond donors (Lipinski definition) is 2. The number of phenols is 1. The van der Waals surface area contributed by atoms with Crippen LogP contribution in [0, 0.1) is 0 Å². The largest absolute Gasteiger partial charge is 0.508 e. The number of phenolic OH excluding ortho intramolecular Hbond substituents is 1. The van der Waals surface area contributed by atoms with Crippen LogP contribution in [0.15, 0.2) is 18.2 Å². The molecule has 100 valence electrons. The van der Waals surface area contributed by atoms with E-state index in [0.717, 1.165) is 17.8 Å². The van der Waals surface area contributed by atoms with Crippen LogP contribution >= 0.6 is 0 Å². The quantitative estimate of drug-likeness (QED) is 0.840. The van der Waals surface area contributed by atoms with E-state index in [-0.39, 0.29) is 6.04 Å². The highest BCUT2D eigenvalue weighted by Crippen LogP contribution is 2.33. The minimum Gasteiger partial charge on any atom is -0.508 e. The van der Waals surface area contributed by atoms with E-state index < -0.39 is 0 Å². The summed E-state index contributed by atoms with van der Waals surface area (Å²) < 4.78 is 0. The molecule has 1 fully saturated rings. The molecule has 2 rings (SSSR count). The Morgan fingerprint density at radius 3 is 2.67 bits per heavy atom. The van der Waals surface area contributed by atoms with E-state index in [4.69, 9.17) is 0 Å². The second kappa shape index (κ2) is 5.61. The second-order valence-electron chi connectivity index (χ2n) is 5.22. The number of anilines is 1. The van der Waals surface area contributed by atoms with Crippen molar-refractivity contribution < 1.29 is 5.11 Å². The molecule has 18 heavy (non-hydrogen) atoms. The highest BCUT2D eigenvalue weighted by molar-refractivity contribution is 5.54. The summed E-state index contributed by atoms with van der Waals surface area (Å²) in [5, 5.41) is 13.5. The van der Waals surface area contributed by atoms with Gasteiger partial charge in [-0.2, -0.15) is 0 Å². The van der Waals surface area contributed by atoms with Crippen molar-refractivity contribution in [2.45, 2.75) is 45.2 Å². The zero-order chi connectivity index (χ0) is 13.1. The van der Waals surface area contributed by atoms with Gasteiger partial charge >= 0.3 is 0 Å². The molecular formula is C15H24N2O. The number of hydrogen-bond acceptors (Lipinski definition) is 3. The molecule has 0 spiro atoms. The van der Waals surface area contributed by atoms with E-state index >= 15 is 0 Å². The number of nitrogens with one attached hydrogen (secondary N) is 1. The molecule has 2 N–H and O–H groups in total. The summed E-state index contributed by atoms with van der Waals surface area (Å²) in [6.07, 6.45) is 3.87. The van der Waals surface area contributed by atoms with E-state index in [1.165, 1.54) is 19.3 Å². The van der Waals surface area contributed by atoms with Crippen LogP contribution < -0.4 is 10.2 Å². The smallest absolute Gasteiger partial charge is 0.122 e. The lowest BCUT2D eigenvalue weighted by Gasteiger charge is -2.36. The van der Waals surface area contributed by atoms with Crippen molar-refractivity contribution in [3.05, 3.63) is 23.8 Å². The summed E-state index contributed by atoms with van der Waals surface area (Å²) in [5.41, 5.74) is 2.09. The number of rotatable bonds is 5. The number of benzene rings is 1. The molecule has 0 amide bonds. The van der Waals surface area contributed by atoms with Crippen molar-refractivity contribution in [1.82, 2.24) is 5.32 Å². The van der Waals surface area contributed by atoms with E-state index in [0.29, 0.717) is 11.8 Å². The van der Waals surface area contributed by atoms with Crippen LogP contribution in [0.1, 0.15) is 44.7 Å². The summed E-state index contributed by atoms with van der Waals surface area (Å²) in [4.78, 5) is 2.28. The minimum atomic E-state index is 0.193. The van der Waals surface area contributed by atoms with Gasteiger partial charge in [-0.25, -0.2) is 0 Å². The zero-order valence-electron chi connectivity index (χ0n) is 11.6. The van der Waals surface area contributed by atoms with Gasteiger partial charge in [-0.15, -0.1) is 0 Å². The Hall–Kier alpha value is -1.22. The van der Waals surface area contributed by atoms with Crippen molar-refractivity contribution >= 4 is 5.69 Å². The first-order valence-electron chi connectivity index (χ1n) is 6.92. The Balaban J connectivity index is 2.13. The molecule has 1 aromatic carbocycles. The average Bonchev–Trinajstić information content (AvgIpc) is 2.26. The molecule has 1 atom stereocenters. The molecule has 1 aliphatic rings. The Morgan fingerprint density at radius 1 is 1.44 bits per heavy atom. The van der Waals surface area contributed by atoms with Crippen LogP contribution in [0.3, 0.4) is 0 Å². The predicted octanol–water partition coefficient (Wildman–Crippen LogP) is 3.05. The van der Waals surface area contributed by atoms with Gasteiger partial charge in [0.15, 0.2) is 0 Å². The lowest BCUT2D eigenvalue weighted by molar-refractivity contribution is 0.400. The van der Waals surface area contributed by atoms with Gasteiger partial charge in [0, 0.05) is 36.4 Å². The second-order valence-corrected chi connectivity index (χ2v) is 5.22.